The lowest BCUT2D eigenvalue weighted by Crippen LogP contribution is -2.56. The highest BCUT2D eigenvalue weighted by atomic mass is 19.1. The molecule has 4 aliphatic carbocycles. The molecule has 1 N–H and O–H groups in total. The maximum atomic E-state index is 13.4. The summed E-state index contributed by atoms with van der Waals surface area (Å²) in [5.74, 6) is 2.45. The van der Waals surface area contributed by atoms with Gasteiger partial charge in [0.15, 0.2) is 0 Å². The second kappa shape index (κ2) is 6.64. The average molecular weight is 383 g/mol. The van der Waals surface area contributed by atoms with Crippen LogP contribution in [-0.4, -0.2) is 32.2 Å². The van der Waals surface area contributed by atoms with Crippen LogP contribution in [0.25, 0.3) is 11.4 Å². The normalized spacial score (nSPS) is 31.7. The highest BCUT2D eigenvalue weighted by Gasteiger charge is 2.53. The summed E-state index contributed by atoms with van der Waals surface area (Å²) in [4.78, 5) is 13.9. The van der Waals surface area contributed by atoms with E-state index >= 15 is 0 Å². The van der Waals surface area contributed by atoms with E-state index in [4.69, 9.17) is 0 Å². The SMILES string of the molecule is C[C@@H](NC(=O)Cn1nnc(-c2cccc(F)c2)n1)C12CC3CC(CC(C3)C1)C2. The summed E-state index contributed by atoms with van der Waals surface area (Å²) < 4.78 is 13.4. The van der Waals surface area contributed by atoms with Gasteiger partial charge in [0, 0.05) is 11.6 Å². The minimum absolute atomic E-state index is 0.0268. The van der Waals surface area contributed by atoms with Crippen molar-refractivity contribution in [2.45, 2.75) is 58.0 Å². The molecule has 0 radical (unpaired) electrons. The minimum atomic E-state index is -0.351. The number of rotatable bonds is 5. The van der Waals surface area contributed by atoms with E-state index in [1.807, 2.05) is 0 Å². The molecular formula is C21H26FN5O. The number of benzene rings is 1. The molecule has 6 rings (SSSR count). The Morgan fingerprint density at radius 3 is 2.57 bits per heavy atom. The standard InChI is InChI=1S/C21H26FN5O/c1-13(21-9-14-5-15(10-21)7-16(6-14)11-21)23-19(28)12-27-25-20(24-26-27)17-3-2-4-18(22)8-17/h2-4,8,13-16H,5-7,9-12H2,1H3,(H,23,28)/t13-,14?,15?,16?,21?/m1/s1. The molecule has 1 aromatic heterocycles. The zero-order chi connectivity index (χ0) is 19.3. The number of nitrogens with one attached hydrogen (secondary N) is 1. The number of hydrogen-bond acceptors (Lipinski definition) is 4. The second-order valence-electron chi connectivity index (χ2n) is 9.22. The topological polar surface area (TPSA) is 72.7 Å². The van der Waals surface area contributed by atoms with Gasteiger partial charge in [0.25, 0.3) is 0 Å². The predicted molar refractivity (Wildman–Crippen MR) is 101 cm³/mol. The van der Waals surface area contributed by atoms with E-state index in [1.54, 1.807) is 12.1 Å². The molecule has 0 spiro atoms. The van der Waals surface area contributed by atoms with Crippen LogP contribution >= 0.6 is 0 Å². The number of nitrogens with zero attached hydrogens (tertiary/aromatic N) is 4. The van der Waals surface area contributed by atoms with Crippen LogP contribution in [0.1, 0.15) is 45.4 Å². The van der Waals surface area contributed by atoms with Crippen molar-refractivity contribution in [1.82, 2.24) is 25.5 Å². The molecule has 4 fully saturated rings. The lowest BCUT2D eigenvalue weighted by atomic mass is 9.48. The Kier molecular flexibility index (Phi) is 4.21. The van der Waals surface area contributed by atoms with E-state index in [1.165, 1.54) is 55.5 Å². The van der Waals surface area contributed by atoms with Gasteiger partial charge in [0.05, 0.1) is 0 Å². The first-order valence-electron chi connectivity index (χ1n) is 10.3. The van der Waals surface area contributed by atoms with Crippen LogP contribution in [0.5, 0.6) is 0 Å². The lowest BCUT2D eigenvalue weighted by molar-refractivity contribution is -0.126. The molecule has 0 saturated heterocycles. The number of amides is 1. The summed E-state index contributed by atoms with van der Waals surface area (Å²) >= 11 is 0. The molecule has 148 valence electrons. The van der Waals surface area contributed by atoms with Gasteiger partial charge in [0.2, 0.25) is 11.7 Å². The van der Waals surface area contributed by atoms with Gasteiger partial charge in [-0.25, -0.2) is 4.39 Å². The van der Waals surface area contributed by atoms with E-state index in [0.29, 0.717) is 11.4 Å². The van der Waals surface area contributed by atoms with Crippen LogP contribution in [0.4, 0.5) is 4.39 Å². The van der Waals surface area contributed by atoms with Gasteiger partial charge < -0.3 is 5.32 Å². The first-order chi connectivity index (χ1) is 13.5. The number of tetrazole rings is 1. The van der Waals surface area contributed by atoms with E-state index < -0.39 is 0 Å². The molecule has 0 aliphatic heterocycles. The van der Waals surface area contributed by atoms with E-state index in [0.717, 1.165) is 17.8 Å². The highest BCUT2D eigenvalue weighted by Crippen LogP contribution is 2.61. The van der Waals surface area contributed by atoms with Gasteiger partial charge in [0.1, 0.15) is 12.4 Å². The van der Waals surface area contributed by atoms with Crippen molar-refractivity contribution in [3.05, 3.63) is 30.1 Å². The summed E-state index contributed by atoms with van der Waals surface area (Å²) in [6, 6.07) is 6.22. The zero-order valence-corrected chi connectivity index (χ0v) is 16.1. The summed E-state index contributed by atoms with van der Waals surface area (Å²) in [5, 5.41) is 15.3. The minimum Gasteiger partial charge on any atom is -0.351 e. The maximum Gasteiger partial charge on any atom is 0.243 e. The van der Waals surface area contributed by atoms with Crippen molar-refractivity contribution in [3.63, 3.8) is 0 Å². The van der Waals surface area contributed by atoms with Crippen molar-refractivity contribution in [1.29, 1.82) is 0 Å². The number of hydrogen-bond donors (Lipinski definition) is 1. The van der Waals surface area contributed by atoms with Crippen LogP contribution < -0.4 is 5.32 Å². The Hall–Kier alpha value is -2.31. The third kappa shape index (κ3) is 3.20. The van der Waals surface area contributed by atoms with Crippen LogP contribution in [0.15, 0.2) is 24.3 Å². The van der Waals surface area contributed by atoms with Gasteiger partial charge in [-0.2, -0.15) is 4.80 Å². The number of halogens is 1. The first kappa shape index (κ1) is 17.8. The molecule has 1 amide bonds. The molecule has 1 heterocycles. The molecule has 7 heteroatoms. The fourth-order valence-electron chi connectivity index (χ4n) is 6.33. The molecule has 6 nitrogen and oxygen atoms in total. The van der Waals surface area contributed by atoms with Crippen molar-refractivity contribution in [2.75, 3.05) is 0 Å². The molecular weight excluding hydrogens is 357 g/mol. The summed E-state index contributed by atoms with van der Waals surface area (Å²) in [6.45, 7) is 2.19. The van der Waals surface area contributed by atoms with Gasteiger partial charge in [-0.3, -0.25) is 4.79 Å². The van der Waals surface area contributed by atoms with Gasteiger partial charge >= 0.3 is 0 Å². The van der Waals surface area contributed by atoms with Crippen molar-refractivity contribution < 1.29 is 9.18 Å². The van der Waals surface area contributed by atoms with Gasteiger partial charge in [-0.05, 0) is 86.0 Å². The van der Waals surface area contributed by atoms with Crippen LogP contribution in [-0.2, 0) is 11.3 Å². The fraction of sp³-hybridized carbons (Fsp3) is 0.619. The lowest BCUT2D eigenvalue weighted by Gasteiger charge is -2.59. The Morgan fingerprint density at radius 1 is 1.25 bits per heavy atom. The first-order valence-corrected chi connectivity index (χ1v) is 10.3. The van der Waals surface area contributed by atoms with Crippen LogP contribution in [0.3, 0.4) is 0 Å². The van der Waals surface area contributed by atoms with Gasteiger partial charge in [-0.1, -0.05) is 12.1 Å². The molecule has 4 aliphatic rings. The molecule has 0 unspecified atom stereocenters. The third-order valence-electron chi connectivity index (χ3n) is 7.20. The van der Waals surface area contributed by atoms with E-state index in [2.05, 4.69) is 27.7 Å². The van der Waals surface area contributed by atoms with Crippen molar-refractivity contribution in [2.24, 2.45) is 23.2 Å². The molecule has 1 aromatic carbocycles. The van der Waals surface area contributed by atoms with E-state index in [9.17, 15) is 9.18 Å². The molecule has 2 aromatic rings. The van der Waals surface area contributed by atoms with Crippen molar-refractivity contribution in [3.8, 4) is 11.4 Å². The smallest absolute Gasteiger partial charge is 0.243 e. The van der Waals surface area contributed by atoms with Crippen LogP contribution in [0.2, 0.25) is 0 Å². The Morgan fingerprint density at radius 2 is 1.93 bits per heavy atom. The summed E-state index contributed by atoms with van der Waals surface area (Å²) in [7, 11) is 0. The zero-order valence-electron chi connectivity index (χ0n) is 16.1. The van der Waals surface area contributed by atoms with E-state index in [-0.39, 0.29) is 29.7 Å². The molecule has 4 saturated carbocycles. The number of carbonyl (C=O) groups is 1. The second-order valence-corrected chi connectivity index (χ2v) is 9.22. The Balaban J connectivity index is 1.23. The average Bonchev–Trinajstić information content (AvgIpc) is 3.09. The monoisotopic (exact) mass is 383 g/mol. The van der Waals surface area contributed by atoms with Crippen molar-refractivity contribution >= 4 is 5.91 Å². The number of carbonyl (C=O) groups excluding carboxylic acids is 1. The summed E-state index contributed by atoms with van der Waals surface area (Å²) in [5.41, 5.74) is 0.820. The van der Waals surface area contributed by atoms with Gasteiger partial charge in [-0.15, -0.1) is 10.2 Å². The molecule has 1 atom stereocenters. The Bertz CT molecular complexity index is 859. The fourth-order valence-corrected chi connectivity index (χ4v) is 6.33. The molecule has 28 heavy (non-hydrogen) atoms. The number of aromatic nitrogens is 4. The highest BCUT2D eigenvalue weighted by molar-refractivity contribution is 5.76. The predicted octanol–water partition coefficient (Wildman–Crippen LogP) is 3.20. The largest absolute Gasteiger partial charge is 0.351 e. The third-order valence-corrected chi connectivity index (χ3v) is 7.20. The maximum absolute atomic E-state index is 13.4. The Labute approximate surface area is 163 Å². The summed E-state index contributed by atoms with van der Waals surface area (Å²) in [6.07, 6.45) is 7.95. The van der Waals surface area contributed by atoms with Crippen LogP contribution in [0, 0.1) is 29.0 Å². The quantitative estimate of drug-likeness (QED) is 0.861. The molecule has 4 bridgehead atoms.